The molecule has 1 N–H and O–H groups in total. The van der Waals surface area contributed by atoms with Crippen LogP contribution in [0.2, 0.25) is 0 Å². The van der Waals surface area contributed by atoms with Gasteiger partial charge < -0.3 is 9.64 Å². The summed E-state index contributed by atoms with van der Waals surface area (Å²) in [5.41, 5.74) is 3.42. The summed E-state index contributed by atoms with van der Waals surface area (Å²) in [5, 5.41) is 6.76. The number of aryl methyl sites for hydroxylation is 1. The van der Waals surface area contributed by atoms with Crippen LogP contribution in [-0.4, -0.2) is 46.3 Å². The Morgan fingerprint density at radius 2 is 2.07 bits per heavy atom. The molecule has 8 heteroatoms. The van der Waals surface area contributed by atoms with Gasteiger partial charge in [0.25, 0.3) is 0 Å². The lowest BCUT2D eigenvalue weighted by molar-refractivity contribution is 0.205. The van der Waals surface area contributed by atoms with Crippen LogP contribution in [0.25, 0.3) is 11.1 Å². The summed E-state index contributed by atoms with van der Waals surface area (Å²) in [4.78, 5) is 21.1. The summed E-state index contributed by atoms with van der Waals surface area (Å²) < 4.78 is 19.0. The number of H-pyrrole nitrogens is 1. The normalized spacial score (nSPS) is 15.1. The molecule has 1 atom stereocenters. The van der Waals surface area contributed by atoms with E-state index in [9.17, 15) is 9.18 Å². The van der Waals surface area contributed by atoms with Gasteiger partial charge in [-0.2, -0.15) is 5.10 Å². The Balaban J connectivity index is 1.56. The lowest BCUT2D eigenvalue weighted by Gasteiger charge is -2.25. The maximum absolute atomic E-state index is 13.9. The van der Waals surface area contributed by atoms with Crippen LogP contribution in [-0.2, 0) is 0 Å². The molecule has 1 aliphatic heterocycles. The molecular formula is C21H22FN5O2. The predicted molar refractivity (Wildman–Crippen MR) is 107 cm³/mol. The summed E-state index contributed by atoms with van der Waals surface area (Å²) >= 11 is 0. The first-order valence-corrected chi connectivity index (χ1v) is 9.37. The Morgan fingerprint density at radius 3 is 2.76 bits per heavy atom. The number of urea groups is 1. The molecule has 7 nitrogen and oxygen atoms in total. The van der Waals surface area contributed by atoms with Gasteiger partial charge in [0.15, 0.2) is 0 Å². The van der Waals surface area contributed by atoms with Gasteiger partial charge in [0.05, 0.1) is 19.3 Å². The average molecular weight is 395 g/mol. The van der Waals surface area contributed by atoms with E-state index in [2.05, 4.69) is 15.2 Å². The standard InChI is InChI=1S/C21H22FN5O2/c1-13-19(16-11-23-24-12-16)4-5-20(25-13)27-7-6-26(21(27)28)14(2)15-8-17(22)10-18(9-15)29-3/h4-5,8-12,14H,6-7H2,1-3H3,(H,23,24). The number of benzene rings is 1. The van der Waals surface area contributed by atoms with Crippen molar-refractivity contribution in [1.82, 2.24) is 20.1 Å². The van der Waals surface area contributed by atoms with Gasteiger partial charge in [0, 0.05) is 42.2 Å². The number of amides is 2. The van der Waals surface area contributed by atoms with Crippen LogP contribution >= 0.6 is 0 Å². The van der Waals surface area contributed by atoms with E-state index >= 15 is 0 Å². The highest BCUT2D eigenvalue weighted by molar-refractivity contribution is 5.93. The fourth-order valence-electron chi connectivity index (χ4n) is 3.65. The van der Waals surface area contributed by atoms with Crippen molar-refractivity contribution in [3.63, 3.8) is 0 Å². The quantitative estimate of drug-likeness (QED) is 0.710. The van der Waals surface area contributed by atoms with Gasteiger partial charge in [-0.1, -0.05) is 0 Å². The van der Waals surface area contributed by atoms with Crippen LogP contribution in [0.3, 0.4) is 0 Å². The van der Waals surface area contributed by atoms with E-state index in [0.29, 0.717) is 30.2 Å². The predicted octanol–water partition coefficient (Wildman–Crippen LogP) is 3.93. The summed E-state index contributed by atoms with van der Waals surface area (Å²) in [6.07, 6.45) is 3.54. The SMILES string of the molecule is COc1cc(F)cc(C(C)N2CCN(c3ccc(-c4cn[nH]c4)c(C)n3)C2=O)c1. The fourth-order valence-corrected chi connectivity index (χ4v) is 3.65. The minimum Gasteiger partial charge on any atom is -0.497 e. The van der Waals surface area contributed by atoms with Crippen molar-refractivity contribution in [3.05, 3.63) is 59.8 Å². The number of aromatic nitrogens is 3. The van der Waals surface area contributed by atoms with Crippen LogP contribution in [0, 0.1) is 12.7 Å². The zero-order valence-electron chi connectivity index (χ0n) is 16.5. The molecule has 2 amide bonds. The zero-order chi connectivity index (χ0) is 20.5. The number of carbonyl (C=O) groups is 1. The second-order valence-electron chi connectivity index (χ2n) is 7.02. The van der Waals surface area contributed by atoms with Crippen molar-refractivity contribution in [3.8, 4) is 16.9 Å². The first kappa shape index (κ1) is 18.9. The van der Waals surface area contributed by atoms with E-state index in [1.807, 2.05) is 26.0 Å². The molecule has 3 heterocycles. The number of nitrogens with one attached hydrogen (secondary N) is 1. The maximum atomic E-state index is 13.9. The molecule has 29 heavy (non-hydrogen) atoms. The molecule has 1 aromatic carbocycles. The number of nitrogens with zero attached hydrogens (tertiary/aromatic N) is 4. The summed E-state index contributed by atoms with van der Waals surface area (Å²) in [6, 6.07) is 7.86. The van der Waals surface area contributed by atoms with Crippen LogP contribution in [0.4, 0.5) is 15.0 Å². The number of aromatic amines is 1. The number of rotatable bonds is 5. The van der Waals surface area contributed by atoms with Crippen LogP contribution in [0.1, 0.15) is 24.2 Å². The smallest absolute Gasteiger partial charge is 0.326 e. The van der Waals surface area contributed by atoms with E-state index in [4.69, 9.17) is 4.74 Å². The number of hydrogen-bond acceptors (Lipinski definition) is 4. The van der Waals surface area contributed by atoms with Crippen LogP contribution in [0.15, 0.2) is 42.7 Å². The number of ether oxygens (including phenoxy) is 1. The van der Waals surface area contributed by atoms with Crippen molar-refractivity contribution in [2.45, 2.75) is 19.9 Å². The number of methoxy groups -OCH3 is 1. The maximum Gasteiger partial charge on any atom is 0.326 e. The molecule has 0 aliphatic carbocycles. The van der Waals surface area contributed by atoms with Crippen LogP contribution < -0.4 is 9.64 Å². The largest absolute Gasteiger partial charge is 0.497 e. The molecule has 3 aromatic rings. The molecule has 0 bridgehead atoms. The molecule has 1 aliphatic rings. The second-order valence-corrected chi connectivity index (χ2v) is 7.02. The molecular weight excluding hydrogens is 373 g/mol. The molecule has 0 radical (unpaired) electrons. The number of carbonyl (C=O) groups excluding carboxylic acids is 1. The molecule has 4 rings (SSSR count). The van der Waals surface area contributed by atoms with Crippen molar-refractivity contribution < 1.29 is 13.9 Å². The van der Waals surface area contributed by atoms with Crippen molar-refractivity contribution in [2.24, 2.45) is 0 Å². The first-order valence-electron chi connectivity index (χ1n) is 9.37. The molecule has 0 saturated carbocycles. The topological polar surface area (TPSA) is 74.3 Å². The zero-order valence-corrected chi connectivity index (χ0v) is 16.5. The Hall–Kier alpha value is -3.42. The molecule has 1 saturated heterocycles. The van der Waals surface area contributed by atoms with Gasteiger partial charge in [0.1, 0.15) is 17.4 Å². The monoisotopic (exact) mass is 395 g/mol. The van der Waals surface area contributed by atoms with E-state index in [0.717, 1.165) is 16.8 Å². The summed E-state index contributed by atoms with van der Waals surface area (Å²) in [6.45, 7) is 4.85. The summed E-state index contributed by atoms with van der Waals surface area (Å²) in [7, 11) is 1.49. The lowest BCUT2D eigenvalue weighted by atomic mass is 10.1. The Morgan fingerprint density at radius 1 is 1.24 bits per heavy atom. The Labute approximate surface area is 168 Å². The van der Waals surface area contributed by atoms with Crippen LogP contribution in [0.5, 0.6) is 5.75 Å². The number of halogens is 1. The van der Waals surface area contributed by atoms with Gasteiger partial charge in [-0.25, -0.2) is 14.2 Å². The van der Waals surface area contributed by atoms with E-state index < -0.39 is 0 Å². The molecule has 1 fully saturated rings. The molecule has 2 aromatic heterocycles. The van der Waals surface area contributed by atoms with Gasteiger partial charge in [-0.3, -0.25) is 10.00 Å². The fraction of sp³-hybridized carbons (Fsp3) is 0.286. The Kier molecular flexibility index (Phi) is 4.92. The summed E-state index contributed by atoms with van der Waals surface area (Å²) in [5.74, 6) is 0.649. The highest BCUT2D eigenvalue weighted by atomic mass is 19.1. The minimum absolute atomic E-state index is 0.149. The third kappa shape index (κ3) is 3.53. The first-order chi connectivity index (χ1) is 14.0. The van der Waals surface area contributed by atoms with Gasteiger partial charge in [0.2, 0.25) is 0 Å². The highest BCUT2D eigenvalue weighted by Crippen LogP contribution is 2.31. The van der Waals surface area contributed by atoms with Gasteiger partial charge in [-0.05, 0) is 43.7 Å². The minimum atomic E-state index is -0.387. The number of hydrogen-bond donors (Lipinski definition) is 1. The molecule has 150 valence electrons. The van der Waals surface area contributed by atoms with E-state index in [-0.39, 0.29) is 17.9 Å². The molecule has 0 spiro atoms. The van der Waals surface area contributed by atoms with Gasteiger partial charge >= 0.3 is 6.03 Å². The Bertz CT molecular complexity index is 1040. The highest BCUT2D eigenvalue weighted by Gasteiger charge is 2.34. The average Bonchev–Trinajstić information content (AvgIpc) is 3.36. The van der Waals surface area contributed by atoms with E-state index in [1.165, 1.54) is 19.2 Å². The van der Waals surface area contributed by atoms with Crippen molar-refractivity contribution >= 4 is 11.8 Å². The molecule has 1 unspecified atom stereocenters. The number of anilines is 1. The van der Waals surface area contributed by atoms with E-state index in [1.54, 1.807) is 28.3 Å². The van der Waals surface area contributed by atoms with Crippen molar-refractivity contribution in [2.75, 3.05) is 25.1 Å². The lowest BCUT2D eigenvalue weighted by Crippen LogP contribution is -2.34. The second kappa shape index (κ2) is 7.54. The van der Waals surface area contributed by atoms with Gasteiger partial charge in [-0.15, -0.1) is 0 Å². The van der Waals surface area contributed by atoms with Crippen molar-refractivity contribution in [1.29, 1.82) is 0 Å². The third-order valence-electron chi connectivity index (χ3n) is 5.28. The number of pyridine rings is 1. The third-order valence-corrected chi connectivity index (χ3v) is 5.28.